The normalized spacial score (nSPS) is 12.3. The van der Waals surface area contributed by atoms with Crippen LogP contribution in [0.4, 0.5) is 22.0 Å². The van der Waals surface area contributed by atoms with Gasteiger partial charge in [0.05, 0.1) is 0 Å². The first-order valence-electron chi connectivity index (χ1n) is 16.8. The quantitative estimate of drug-likeness (QED) is 0.0756. The monoisotopic (exact) mass is 676 g/mol. The summed E-state index contributed by atoms with van der Waals surface area (Å²) in [4.78, 5) is 0. The molecule has 0 aliphatic carbocycles. The molecule has 0 atom stereocenters. The van der Waals surface area contributed by atoms with Crippen LogP contribution in [0, 0.1) is 29.1 Å². The van der Waals surface area contributed by atoms with E-state index in [2.05, 4.69) is 57.2 Å². The molecule has 0 saturated carbocycles. The number of benzene rings is 9. The summed E-state index contributed by atoms with van der Waals surface area (Å²) in [5.74, 6) is -5.04. The Labute approximate surface area is 290 Å². The van der Waals surface area contributed by atoms with Gasteiger partial charge < -0.3 is 0 Å². The van der Waals surface area contributed by atoms with Crippen LogP contribution in [0.2, 0.25) is 0 Å². The summed E-state index contributed by atoms with van der Waals surface area (Å²) in [6.45, 7) is 6.51. The lowest BCUT2D eigenvalue weighted by Crippen LogP contribution is -2.10. The zero-order valence-corrected chi connectivity index (χ0v) is 27.9. The van der Waals surface area contributed by atoms with Gasteiger partial charge in [-0.1, -0.05) is 112 Å². The second-order valence-electron chi connectivity index (χ2n) is 14.3. The SMILES string of the molecule is CC(C)(C)c1ccc(-c2c3ccccc3c(-c3ccc4c(F)cc5c(-c6cc(F)c(F)c(F)c6)ccc6ccc3c4c65)c3ccc(F)cc23)cc1. The van der Waals surface area contributed by atoms with Crippen LogP contribution in [-0.4, -0.2) is 0 Å². The van der Waals surface area contributed by atoms with Crippen molar-refractivity contribution in [2.75, 3.05) is 0 Å². The van der Waals surface area contributed by atoms with Crippen molar-refractivity contribution in [3.05, 3.63) is 156 Å². The molecule has 0 bridgehead atoms. The van der Waals surface area contributed by atoms with E-state index in [0.29, 0.717) is 21.7 Å². The van der Waals surface area contributed by atoms with Crippen molar-refractivity contribution in [2.45, 2.75) is 26.2 Å². The van der Waals surface area contributed by atoms with Gasteiger partial charge >= 0.3 is 0 Å². The van der Waals surface area contributed by atoms with E-state index < -0.39 is 23.3 Å². The summed E-state index contributed by atoms with van der Waals surface area (Å²) in [7, 11) is 0. The van der Waals surface area contributed by atoms with Crippen molar-refractivity contribution in [1.29, 1.82) is 0 Å². The first-order chi connectivity index (χ1) is 24.5. The summed E-state index contributed by atoms with van der Waals surface area (Å²) in [5, 5.41) is 7.34. The Morgan fingerprint density at radius 2 is 1.02 bits per heavy atom. The van der Waals surface area contributed by atoms with Crippen molar-refractivity contribution in [3.8, 4) is 33.4 Å². The molecule has 0 amide bonds. The van der Waals surface area contributed by atoms with E-state index >= 15 is 8.78 Å². The molecule has 0 saturated heterocycles. The first-order valence-corrected chi connectivity index (χ1v) is 16.8. The summed E-state index contributed by atoms with van der Waals surface area (Å²) < 4.78 is 74.1. The fourth-order valence-electron chi connectivity index (χ4n) is 7.91. The molecular formula is C46H29F5. The lowest BCUT2D eigenvalue weighted by Gasteiger charge is -2.22. The van der Waals surface area contributed by atoms with Crippen LogP contribution in [0.15, 0.2) is 121 Å². The lowest BCUT2D eigenvalue weighted by molar-refractivity contribution is 0.448. The Morgan fingerprint density at radius 1 is 0.412 bits per heavy atom. The van der Waals surface area contributed by atoms with Crippen LogP contribution >= 0.6 is 0 Å². The largest absolute Gasteiger partial charge is 0.207 e. The van der Waals surface area contributed by atoms with Gasteiger partial charge in [-0.2, -0.15) is 0 Å². The van der Waals surface area contributed by atoms with Gasteiger partial charge in [0.1, 0.15) is 11.6 Å². The van der Waals surface area contributed by atoms with Crippen molar-refractivity contribution >= 4 is 53.9 Å². The predicted molar refractivity (Wildman–Crippen MR) is 200 cm³/mol. The van der Waals surface area contributed by atoms with Crippen LogP contribution in [0.3, 0.4) is 0 Å². The van der Waals surface area contributed by atoms with E-state index in [1.165, 1.54) is 17.7 Å². The van der Waals surface area contributed by atoms with E-state index in [9.17, 15) is 13.2 Å². The Kier molecular flexibility index (Phi) is 6.79. The molecule has 0 aliphatic heterocycles. The number of fused-ring (bicyclic) bond motifs is 2. The molecule has 0 radical (unpaired) electrons. The maximum Gasteiger partial charge on any atom is 0.194 e. The highest BCUT2D eigenvalue weighted by Gasteiger charge is 2.23. The Morgan fingerprint density at radius 3 is 1.73 bits per heavy atom. The summed E-state index contributed by atoms with van der Waals surface area (Å²) >= 11 is 0. The summed E-state index contributed by atoms with van der Waals surface area (Å²) in [6, 6.07) is 35.8. The molecule has 0 fully saturated rings. The zero-order valence-electron chi connectivity index (χ0n) is 27.9. The topological polar surface area (TPSA) is 0 Å². The van der Waals surface area contributed by atoms with Crippen LogP contribution in [0.1, 0.15) is 26.3 Å². The third-order valence-electron chi connectivity index (χ3n) is 10.3. The molecule has 0 aromatic heterocycles. The average molecular weight is 677 g/mol. The van der Waals surface area contributed by atoms with Crippen molar-refractivity contribution in [2.24, 2.45) is 0 Å². The molecule has 9 aromatic rings. The van der Waals surface area contributed by atoms with Gasteiger partial charge in [0.25, 0.3) is 0 Å². The molecule has 0 spiro atoms. The van der Waals surface area contributed by atoms with Gasteiger partial charge in [-0.3, -0.25) is 0 Å². The molecule has 248 valence electrons. The van der Waals surface area contributed by atoms with Crippen molar-refractivity contribution < 1.29 is 22.0 Å². The van der Waals surface area contributed by atoms with Gasteiger partial charge in [0, 0.05) is 10.8 Å². The van der Waals surface area contributed by atoms with E-state index in [1.54, 1.807) is 18.2 Å². The van der Waals surface area contributed by atoms with Gasteiger partial charge in [-0.05, 0) is 118 Å². The molecule has 0 nitrogen and oxygen atoms in total. The highest BCUT2D eigenvalue weighted by atomic mass is 19.2. The molecule has 0 heterocycles. The van der Waals surface area contributed by atoms with Crippen molar-refractivity contribution in [1.82, 2.24) is 0 Å². The number of rotatable bonds is 3. The molecule has 0 aliphatic rings. The van der Waals surface area contributed by atoms with Crippen molar-refractivity contribution in [3.63, 3.8) is 0 Å². The standard InChI is InChI=1S/C46H29F5/c1-46(2,3)27-12-8-24(9-13-27)41-30-6-4-5-7-31(30)43(34-17-14-28(47)22-36(34)41)32-18-19-35-38(48)23-37-29(26-20-39(49)45(51)40(50)21-26)15-10-25-11-16-33(32)44(35)42(25)37/h4-23H,1-3H3. The highest BCUT2D eigenvalue weighted by Crippen LogP contribution is 2.49. The second-order valence-corrected chi connectivity index (χ2v) is 14.3. The molecule has 0 unspecified atom stereocenters. The maximum atomic E-state index is 16.1. The third-order valence-corrected chi connectivity index (χ3v) is 10.3. The van der Waals surface area contributed by atoms with E-state index in [4.69, 9.17) is 0 Å². The zero-order chi connectivity index (χ0) is 35.3. The van der Waals surface area contributed by atoms with Crippen LogP contribution < -0.4 is 0 Å². The molecule has 51 heavy (non-hydrogen) atoms. The predicted octanol–water partition coefficient (Wildman–Crippen LogP) is 13.9. The molecule has 9 aromatic carbocycles. The Balaban J connectivity index is 1.38. The maximum absolute atomic E-state index is 16.1. The van der Waals surface area contributed by atoms with Crippen LogP contribution in [0.25, 0.3) is 87.2 Å². The summed E-state index contributed by atoms with van der Waals surface area (Å²) in [5.41, 5.74) is 5.28. The Hall–Kier alpha value is -5.81. The van der Waals surface area contributed by atoms with E-state index in [-0.39, 0.29) is 16.8 Å². The number of hydrogen-bond acceptors (Lipinski definition) is 0. The minimum Gasteiger partial charge on any atom is -0.207 e. The smallest absolute Gasteiger partial charge is 0.194 e. The number of hydrogen-bond donors (Lipinski definition) is 0. The lowest BCUT2D eigenvalue weighted by atomic mass is 9.82. The van der Waals surface area contributed by atoms with E-state index in [1.807, 2.05) is 42.5 Å². The van der Waals surface area contributed by atoms with Gasteiger partial charge in [-0.15, -0.1) is 0 Å². The second kappa shape index (κ2) is 11.1. The fourth-order valence-corrected chi connectivity index (χ4v) is 7.91. The van der Waals surface area contributed by atoms with Crippen LogP contribution in [-0.2, 0) is 5.41 Å². The highest BCUT2D eigenvalue weighted by molar-refractivity contribution is 6.30. The summed E-state index contributed by atoms with van der Waals surface area (Å²) in [6.07, 6.45) is 0. The van der Waals surface area contributed by atoms with E-state index in [0.717, 1.165) is 72.1 Å². The van der Waals surface area contributed by atoms with Crippen LogP contribution in [0.5, 0.6) is 0 Å². The first kappa shape index (κ1) is 31.2. The Bertz CT molecular complexity index is 2860. The average Bonchev–Trinajstić information content (AvgIpc) is 3.11. The third kappa shape index (κ3) is 4.71. The molecule has 0 N–H and O–H groups in total. The fraction of sp³-hybridized carbons (Fsp3) is 0.0870. The molecule has 5 heteroatoms. The van der Waals surface area contributed by atoms with Gasteiger partial charge in [-0.25, -0.2) is 22.0 Å². The minimum absolute atomic E-state index is 0.0285. The molecular weight excluding hydrogens is 647 g/mol. The minimum atomic E-state index is -1.56. The molecule has 9 rings (SSSR count). The van der Waals surface area contributed by atoms with Gasteiger partial charge in [0.2, 0.25) is 0 Å². The number of halogens is 5. The van der Waals surface area contributed by atoms with Gasteiger partial charge in [0.15, 0.2) is 17.5 Å².